The summed E-state index contributed by atoms with van der Waals surface area (Å²) >= 11 is 0. The molecule has 27 heavy (non-hydrogen) atoms. The van der Waals surface area contributed by atoms with Crippen molar-refractivity contribution >= 4 is 11.6 Å². The highest BCUT2D eigenvalue weighted by Crippen LogP contribution is 2.30. The molecule has 0 saturated heterocycles. The molecule has 1 aliphatic rings. The number of nitrogens with one attached hydrogen (secondary N) is 1. The molecule has 1 N–H and O–H groups in total. The fourth-order valence-corrected chi connectivity index (χ4v) is 3.23. The number of aryl methyl sites for hydroxylation is 2. The normalized spacial score (nSPS) is 15.0. The first-order valence-corrected chi connectivity index (χ1v) is 9.13. The summed E-state index contributed by atoms with van der Waals surface area (Å²) in [6.07, 6.45) is -0.230. The third-order valence-electron chi connectivity index (χ3n) is 4.74. The summed E-state index contributed by atoms with van der Waals surface area (Å²) < 4.78 is 43.7. The molecule has 0 bridgehead atoms. The Balaban J connectivity index is 1.65. The molecule has 0 radical (unpaired) electrons. The van der Waals surface area contributed by atoms with E-state index in [9.17, 15) is 18.0 Å². The molecule has 2 aromatic rings. The molecular formula is C21H22F3NO2. The monoisotopic (exact) mass is 377 g/mol. The SMILES string of the molecule is CC[C@@H](Oc1ccc2c(c1)CCCC2)C(=O)Nc1ccc(C(F)(F)F)cc1. The number of carbonyl (C=O) groups is 1. The topological polar surface area (TPSA) is 38.3 Å². The number of ether oxygens (including phenoxy) is 1. The maximum atomic E-state index is 12.6. The summed E-state index contributed by atoms with van der Waals surface area (Å²) in [6, 6.07) is 10.3. The zero-order valence-corrected chi connectivity index (χ0v) is 15.1. The van der Waals surface area contributed by atoms with Crippen LogP contribution in [0.2, 0.25) is 0 Å². The molecule has 144 valence electrons. The maximum absolute atomic E-state index is 12.6. The van der Waals surface area contributed by atoms with Crippen LogP contribution < -0.4 is 10.1 Å². The van der Waals surface area contributed by atoms with E-state index in [0.717, 1.165) is 31.4 Å². The van der Waals surface area contributed by atoms with Crippen molar-refractivity contribution in [3.8, 4) is 5.75 Å². The Kier molecular flexibility index (Phi) is 5.73. The lowest BCUT2D eigenvalue weighted by Crippen LogP contribution is -2.32. The summed E-state index contributed by atoms with van der Waals surface area (Å²) in [6.45, 7) is 1.83. The van der Waals surface area contributed by atoms with E-state index < -0.39 is 17.8 Å². The van der Waals surface area contributed by atoms with Crippen LogP contribution in [0.5, 0.6) is 5.75 Å². The molecule has 2 aromatic carbocycles. The summed E-state index contributed by atoms with van der Waals surface area (Å²) in [5, 5.41) is 2.62. The van der Waals surface area contributed by atoms with Crippen LogP contribution in [0, 0.1) is 0 Å². The fraction of sp³-hybridized carbons (Fsp3) is 0.381. The Bertz CT molecular complexity index is 800. The van der Waals surface area contributed by atoms with Gasteiger partial charge in [-0.05, 0) is 79.6 Å². The minimum Gasteiger partial charge on any atom is -0.481 e. The van der Waals surface area contributed by atoms with Gasteiger partial charge in [-0.25, -0.2) is 0 Å². The van der Waals surface area contributed by atoms with Crippen LogP contribution in [0.3, 0.4) is 0 Å². The number of rotatable bonds is 5. The minimum absolute atomic E-state index is 0.306. The Morgan fingerprint density at radius 1 is 1.07 bits per heavy atom. The number of alkyl halides is 3. The molecule has 0 aliphatic heterocycles. The number of hydrogen-bond donors (Lipinski definition) is 1. The second kappa shape index (κ2) is 8.03. The second-order valence-corrected chi connectivity index (χ2v) is 6.72. The lowest BCUT2D eigenvalue weighted by atomic mass is 9.92. The van der Waals surface area contributed by atoms with Gasteiger partial charge in [0.2, 0.25) is 0 Å². The first-order chi connectivity index (χ1) is 12.9. The van der Waals surface area contributed by atoms with Crippen LogP contribution in [0.15, 0.2) is 42.5 Å². The van der Waals surface area contributed by atoms with Crippen molar-refractivity contribution in [2.75, 3.05) is 5.32 Å². The van der Waals surface area contributed by atoms with E-state index in [1.54, 1.807) is 0 Å². The van der Waals surface area contributed by atoms with Gasteiger partial charge in [0.25, 0.3) is 5.91 Å². The van der Waals surface area contributed by atoms with Crippen LogP contribution >= 0.6 is 0 Å². The Morgan fingerprint density at radius 2 is 1.74 bits per heavy atom. The highest BCUT2D eigenvalue weighted by molar-refractivity contribution is 5.94. The third kappa shape index (κ3) is 4.81. The van der Waals surface area contributed by atoms with E-state index in [0.29, 0.717) is 17.9 Å². The summed E-state index contributed by atoms with van der Waals surface area (Å²) in [4.78, 5) is 12.5. The van der Waals surface area contributed by atoms with E-state index in [4.69, 9.17) is 4.74 Å². The van der Waals surface area contributed by atoms with Crippen LogP contribution in [-0.2, 0) is 23.8 Å². The third-order valence-corrected chi connectivity index (χ3v) is 4.74. The molecule has 1 aliphatic carbocycles. The van der Waals surface area contributed by atoms with Crippen molar-refractivity contribution in [2.45, 2.75) is 51.3 Å². The van der Waals surface area contributed by atoms with Gasteiger partial charge in [0.1, 0.15) is 5.75 Å². The Morgan fingerprint density at radius 3 is 2.37 bits per heavy atom. The Labute approximate surface area is 156 Å². The zero-order valence-electron chi connectivity index (χ0n) is 15.1. The molecule has 0 fully saturated rings. The van der Waals surface area contributed by atoms with Crippen LogP contribution in [0.4, 0.5) is 18.9 Å². The van der Waals surface area contributed by atoms with Gasteiger partial charge in [-0.2, -0.15) is 13.2 Å². The number of carbonyl (C=O) groups excluding carboxylic acids is 1. The van der Waals surface area contributed by atoms with Crippen molar-refractivity contribution in [1.29, 1.82) is 0 Å². The quantitative estimate of drug-likeness (QED) is 0.760. The van der Waals surface area contributed by atoms with Crippen molar-refractivity contribution in [1.82, 2.24) is 0 Å². The van der Waals surface area contributed by atoms with E-state index >= 15 is 0 Å². The lowest BCUT2D eigenvalue weighted by molar-refractivity contribution is -0.137. The van der Waals surface area contributed by atoms with E-state index in [1.165, 1.54) is 29.7 Å². The second-order valence-electron chi connectivity index (χ2n) is 6.72. The highest BCUT2D eigenvalue weighted by Gasteiger charge is 2.30. The van der Waals surface area contributed by atoms with Gasteiger partial charge in [-0.3, -0.25) is 4.79 Å². The van der Waals surface area contributed by atoms with Gasteiger partial charge in [-0.1, -0.05) is 13.0 Å². The summed E-state index contributed by atoms with van der Waals surface area (Å²) in [5.74, 6) is 0.264. The van der Waals surface area contributed by atoms with Gasteiger partial charge in [-0.15, -0.1) is 0 Å². The van der Waals surface area contributed by atoms with Gasteiger partial charge < -0.3 is 10.1 Å². The lowest BCUT2D eigenvalue weighted by Gasteiger charge is -2.20. The van der Waals surface area contributed by atoms with Gasteiger partial charge in [0.05, 0.1) is 5.56 Å². The molecule has 0 heterocycles. The van der Waals surface area contributed by atoms with Crippen molar-refractivity contribution < 1.29 is 22.7 Å². The highest BCUT2D eigenvalue weighted by atomic mass is 19.4. The molecule has 0 aromatic heterocycles. The predicted octanol–water partition coefficient (Wildman–Crippen LogP) is 5.38. The number of hydrogen-bond acceptors (Lipinski definition) is 2. The maximum Gasteiger partial charge on any atom is 0.416 e. The Hall–Kier alpha value is -2.50. The summed E-state index contributed by atoms with van der Waals surface area (Å²) in [5.41, 5.74) is 2.14. The molecule has 1 atom stereocenters. The first-order valence-electron chi connectivity index (χ1n) is 9.13. The molecular weight excluding hydrogens is 355 g/mol. The van der Waals surface area contributed by atoms with Crippen molar-refractivity contribution in [3.63, 3.8) is 0 Å². The molecule has 3 nitrogen and oxygen atoms in total. The average molecular weight is 377 g/mol. The standard InChI is InChI=1S/C21H22F3NO2/c1-2-19(27-18-12-7-14-5-3-4-6-15(14)13-18)20(26)25-17-10-8-16(9-11-17)21(22,23)24/h7-13,19H,2-6H2,1H3,(H,25,26)/t19-/m1/s1. The minimum atomic E-state index is -4.40. The van der Waals surface area contributed by atoms with Gasteiger partial charge >= 0.3 is 6.18 Å². The number of halogens is 3. The van der Waals surface area contributed by atoms with Gasteiger partial charge in [0, 0.05) is 5.69 Å². The van der Waals surface area contributed by atoms with Crippen LogP contribution in [-0.4, -0.2) is 12.0 Å². The fourth-order valence-electron chi connectivity index (χ4n) is 3.23. The van der Waals surface area contributed by atoms with Crippen LogP contribution in [0.1, 0.15) is 42.9 Å². The van der Waals surface area contributed by atoms with Crippen LogP contribution in [0.25, 0.3) is 0 Å². The molecule has 0 saturated carbocycles. The number of amides is 1. The average Bonchev–Trinajstić information content (AvgIpc) is 2.65. The van der Waals surface area contributed by atoms with Crippen molar-refractivity contribution in [3.05, 3.63) is 59.2 Å². The summed E-state index contributed by atoms with van der Waals surface area (Å²) in [7, 11) is 0. The predicted molar refractivity (Wildman–Crippen MR) is 97.9 cm³/mol. The first kappa shape index (κ1) is 19.3. The zero-order chi connectivity index (χ0) is 19.4. The molecule has 0 spiro atoms. The number of fused-ring (bicyclic) bond motifs is 1. The molecule has 6 heteroatoms. The smallest absolute Gasteiger partial charge is 0.416 e. The molecule has 1 amide bonds. The number of anilines is 1. The molecule has 0 unspecified atom stereocenters. The molecule has 3 rings (SSSR count). The van der Waals surface area contributed by atoms with E-state index in [1.807, 2.05) is 25.1 Å². The van der Waals surface area contributed by atoms with E-state index in [2.05, 4.69) is 5.32 Å². The largest absolute Gasteiger partial charge is 0.481 e. The van der Waals surface area contributed by atoms with Crippen molar-refractivity contribution in [2.24, 2.45) is 0 Å². The number of benzene rings is 2. The van der Waals surface area contributed by atoms with E-state index in [-0.39, 0.29) is 5.91 Å². The van der Waals surface area contributed by atoms with Gasteiger partial charge in [0.15, 0.2) is 6.10 Å².